The fourth-order valence-electron chi connectivity index (χ4n) is 2.09. The summed E-state index contributed by atoms with van der Waals surface area (Å²) >= 11 is 0. The Morgan fingerprint density at radius 3 is 2.04 bits per heavy atom. The fraction of sp³-hybridized carbons (Fsp3) is 0.0556. The average molecular weight is 354 g/mol. The standard InChI is InChI=1S/C18H11F5O2/c19-15-9-6-12(10-16(15)20)14(2-1-3-17(24)25)11-4-7-13(8-5-11)18(21,22)23/h1-10H,(H,24,25)/b3-1+,14-2+. The fourth-order valence-corrected chi connectivity index (χ4v) is 2.09. The van der Waals surface area contributed by atoms with Crippen molar-refractivity contribution in [3.63, 3.8) is 0 Å². The molecule has 0 aliphatic rings. The highest BCUT2D eigenvalue weighted by Crippen LogP contribution is 2.31. The molecule has 0 saturated carbocycles. The highest BCUT2D eigenvalue weighted by atomic mass is 19.4. The Kier molecular flexibility index (Phi) is 5.36. The molecule has 0 atom stereocenters. The smallest absolute Gasteiger partial charge is 0.416 e. The van der Waals surface area contributed by atoms with Gasteiger partial charge in [0, 0.05) is 6.08 Å². The minimum atomic E-state index is -4.51. The van der Waals surface area contributed by atoms with E-state index in [1.54, 1.807) is 0 Å². The molecule has 0 aliphatic heterocycles. The van der Waals surface area contributed by atoms with Crippen LogP contribution in [0.2, 0.25) is 0 Å². The van der Waals surface area contributed by atoms with E-state index in [0.29, 0.717) is 0 Å². The van der Waals surface area contributed by atoms with E-state index in [2.05, 4.69) is 0 Å². The number of carboxylic acids is 1. The lowest BCUT2D eigenvalue weighted by Gasteiger charge is -2.11. The quantitative estimate of drug-likeness (QED) is 0.474. The Balaban J connectivity index is 2.51. The van der Waals surface area contributed by atoms with Crippen molar-refractivity contribution in [1.82, 2.24) is 0 Å². The van der Waals surface area contributed by atoms with Crippen LogP contribution in [0, 0.1) is 11.6 Å². The number of hydrogen-bond acceptors (Lipinski definition) is 1. The summed E-state index contributed by atoms with van der Waals surface area (Å²) in [6.07, 6.45) is -1.25. The molecule has 0 aliphatic carbocycles. The van der Waals surface area contributed by atoms with Crippen molar-refractivity contribution in [2.24, 2.45) is 0 Å². The lowest BCUT2D eigenvalue weighted by molar-refractivity contribution is -0.137. The van der Waals surface area contributed by atoms with Crippen molar-refractivity contribution in [2.75, 3.05) is 0 Å². The largest absolute Gasteiger partial charge is 0.478 e. The molecule has 2 aromatic carbocycles. The second kappa shape index (κ2) is 7.29. The Bertz CT molecular complexity index is 834. The van der Waals surface area contributed by atoms with Gasteiger partial charge in [-0.25, -0.2) is 13.6 Å². The molecule has 130 valence electrons. The third kappa shape index (κ3) is 4.76. The Hall–Kier alpha value is -2.96. The van der Waals surface area contributed by atoms with Gasteiger partial charge in [0.15, 0.2) is 11.6 Å². The lowest BCUT2D eigenvalue weighted by Crippen LogP contribution is -2.04. The molecule has 2 nitrogen and oxygen atoms in total. The third-order valence-corrected chi connectivity index (χ3v) is 3.26. The summed E-state index contributed by atoms with van der Waals surface area (Å²) < 4.78 is 64.5. The molecule has 0 heterocycles. The van der Waals surface area contributed by atoms with Crippen molar-refractivity contribution < 1.29 is 31.9 Å². The molecular weight excluding hydrogens is 343 g/mol. The van der Waals surface area contributed by atoms with Gasteiger partial charge in [-0.05, 0) is 41.0 Å². The molecule has 0 bridgehead atoms. The number of alkyl halides is 3. The topological polar surface area (TPSA) is 37.3 Å². The van der Waals surface area contributed by atoms with Crippen LogP contribution in [-0.4, -0.2) is 11.1 Å². The van der Waals surface area contributed by atoms with Crippen LogP contribution in [0.3, 0.4) is 0 Å². The summed E-state index contributed by atoms with van der Waals surface area (Å²) in [6, 6.07) is 7.05. The first kappa shape index (κ1) is 18.4. The SMILES string of the molecule is O=C(O)/C=C/C=C(\c1ccc(C(F)(F)F)cc1)c1ccc(F)c(F)c1. The summed E-state index contributed by atoms with van der Waals surface area (Å²) in [7, 11) is 0. The van der Waals surface area contributed by atoms with Gasteiger partial charge < -0.3 is 5.11 Å². The van der Waals surface area contributed by atoms with Crippen LogP contribution in [0.15, 0.2) is 60.7 Å². The second-order valence-corrected chi connectivity index (χ2v) is 4.98. The molecule has 0 fully saturated rings. The number of hydrogen-bond donors (Lipinski definition) is 1. The molecular formula is C18H11F5O2. The monoisotopic (exact) mass is 354 g/mol. The summed E-state index contributed by atoms with van der Waals surface area (Å²) in [5.41, 5.74) is -0.144. The molecule has 0 aromatic heterocycles. The van der Waals surface area contributed by atoms with Crippen LogP contribution in [0.4, 0.5) is 22.0 Å². The van der Waals surface area contributed by atoms with Crippen LogP contribution in [0.1, 0.15) is 16.7 Å². The van der Waals surface area contributed by atoms with Gasteiger partial charge >= 0.3 is 12.1 Å². The van der Waals surface area contributed by atoms with Crippen LogP contribution < -0.4 is 0 Å². The van der Waals surface area contributed by atoms with E-state index < -0.39 is 29.3 Å². The first-order chi connectivity index (χ1) is 11.7. The molecule has 0 spiro atoms. The van der Waals surface area contributed by atoms with Gasteiger partial charge in [0.2, 0.25) is 0 Å². The van der Waals surface area contributed by atoms with Crippen molar-refractivity contribution in [1.29, 1.82) is 0 Å². The van der Waals surface area contributed by atoms with E-state index in [4.69, 9.17) is 5.11 Å². The van der Waals surface area contributed by atoms with E-state index in [1.165, 1.54) is 24.3 Å². The number of carboxylic acid groups (broad SMARTS) is 1. The summed E-state index contributed by atoms with van der Waals surface area (Å²) in [5, 5.41) is 8.62. The maximum absolute atomic E-state index is 13.5. The van der Waals surface area contributed by atoms with E-state index in [1.807, 2.05) is 0 Å². The Labute approximate surface area is 139 Å². The normalized spacial score (nSPS) is 12.6. The van der Waals surface area contributed by atoms with Crippen molar-refractivity contribution in [3.8, 4) is 0 Å². The maximum Gasteiger partial charge on any atom is 0.416 e. The van der Waals surface area contributed by atoms with Gasteiger partial charge in [-0.2, -0.15) is 13.2 Å². The molecule has 7 heteroatoms. The minimum Gasteiger partial charge on any atom is -0.478 e. The predicted octanol–water partition coefficient (Wildman–Crippen LogP) is 5.06. The number of rotatable bonds is 4. The van der Waals surface area contributed by atoms with Crippen LogP contribution in [-0.2, 0) is 11.0 Å². The highest BCUT2D eigenvalue weighted by molar-refractivity contribution is 5.84. The van der Waals surface area contributed by atoms with Gasteiger partial charge in [-0.3, -0.25) is 0 Å². The van der Waals surface area contributed by atoms with E-state index in [-0.39, 0.29) is 16.7 Å². The molecule has 0 saturated heterocycles. The Morgan fingerprint density at radius 1 is 0.920 bits per heavy atom. The lowest BCUT2D eigenvalue weighted by atomic mass is 9.96. The third-order valence-electron chi connectivity index (χ3n) is 3.26. The number of halogens is 5. The summed E-state index contributed by atoms with van der Waals surface area (Å²) in [5.74, 6) is -3.43. The Morgan fingerprint density at radius 2 is 1.52 bits per heavy atom. The van der Waals surface area contributed by atoms with Crippen LogP contribution in [0.25, 0.3) is 5.57 Å². The first-order valence-electron chi connectivity index (χ1n) is 6.93. The van der Waals surface area contributed by atoms with Gasteiger partial charge in [-0.1, -0.05) is 30.4 Å². The summed E-state index contributed by atoms with van der Waals surface area (Å²) in [4.78, 5) is 10.6. The molecule has 1 N–H and O–H groups in total. The zero-order valence-corrected chi connectivity index (χ0v) is 12.5. The minimum absolute atomic E-state index is 0.189. The van der Waals surface area contributed by atoms with Gasteiger partial charge in [-0.15, -0.1) is 0 Å². The second-order valence-electron chi connectivity index (χ2n) is 4.98. The van der Waals surface area contributed by atoms with E-state index in [0.717, 1.165) is 36.4 Å². The molecule has 2 aromatic rings. The summed E-state index contributed by atoms with van der Waals surface area (Å²) in [6.45, 7) is 0. The number of benzene rings is 2. The predicted molar refractivity (Wildman–Crippen MR) is 81.7 cm³/mol. The van der Waals surface area contributed by atoms with Crippen molar-refractivity contribution in [3.05, 3.63) is 89.0 Å². The van der Waals surface area contributed by atoms with E-state index in [9.17, 15) is 26.7 Å². The van der Waals surface area contributed by atoms with E-state index >= 15 is 0 Å². The van der Waals surface area contributed by atoms with Gasteiger partial charge in [0.1, 0.15) is 0 Å². The molecule has 0 radical (unpaired) electrons. The molecule has 0 unspecified atom stereocenters. The average Bonchev–Trinajstić information content (AvgIpc) is 2.53. The molecule has 2 rings (SSSR count). The number of carbonyl (C=O) groups is 1. The first-order valence-corrected chi connectivity index (χ1v) is 6.93. The number of allylic oxidation sites excluding steroid dienone is 2. The highest BCUT2D eigenvalue weighted by Gasteiger charge is 2.30. The van der Waals surface area contributed by atoms with Crippen molar-refractivity contribution >= 4 is 11.5 Å². The van der Waals surface area contributed by atoms with Gasteiger partial charge in [0.05, 0.1) is 5.56 Å². The van der Waals surface area contributed by atoms with Gasteiger partial charge in [0.25, 0.3) is 0 Å². The van der Waals surface area contributed by atoms with Crippen molar-refractivity contribution in [2.45, 2.75) is 6.18 Å². The molecule has 0 amide bonds. The van der Waals surface area contributed by atoms with Crippen LogP contribution >= 0.6 is 0 Å². The number of aliphatic carboxylic acids is 1. The molecule has 25 heavy (non-hydrogen) atoms. The zero-order chi connectivity index (χ0) is 18.6. The maximum atomic E-state index is 13.5. The van der Waals surface area contributed by atoms with Crippen LogP contribution in [0.5, 0.6) is 0 Å². The zero-order valence-electron chi connectivity index (χ0n) is 12.5.